The van der Waals surface area contributed by atoms with Crippen LogP contribution in [0.1, 0.15) is 18.5 Å². The first kappa shape index (κ1) is 10.2. The molecule has 2 rings (SSSR count). The van der Waals surface area contributed by atoms with Gasteiger partial charge in [-0.2, -0.15) is 15.0 Å². The van der Waals surface area contributed by atoms with E-state index in [2.05, 4.69) is 10.2 Å². The third-order valence-corrected chi connectivity index (χ3v) is 2.49. The van der Waals surface area contributed by atoms with Gasteiger partial charge in [-0.1, -0.05) is 0 Å². The van der Waals surface area contributed by atoms with Crippen molar-refractivity contribution in [2.45, 2.75) is 24.4 Å². The number of hydrogen-bond acceptors (Lipinski definition) is 3. The monoisotopic (exact) mass is 215 g/mol. The zero-order valence-electron chi connectivity index (χ0n) is 8.19. The average Bonchev–Trinajstić information content (AvgIpc) is 2.59. The summed E-state index contributed by atoms with van der Waals surface area (Å²) in [6.07, 6.45) is 2.78. The van der Waals surface area contributed by atoms with E-state index in [0.29, 0.717) is 5.69 Å². The molecular weight excluding hydrogens is 204 g/mol. The summed E-state index contributed by atoms with van der Waals surface area (Å²) in [6, 6.07) is 0. The number of halogens is 2. The summed E-state index contributed by atoms with van der Waals surface area (Å²) in [5, 5.41) is 17.8. The van der Waals surface area contributed by atoms with E-state index in [-0.39, 0.29) is 12.8 Å². The predicted molar refractivity (Wildman–Crippen MR) is 48.2 cm³/mol. The van der Waals surface area contributed by atoms with Gasteiger partial charge in [-0.3, -0.25) is 0 Å². The number of nitrogens with zero attached hydrogens (tertiary/aromatic N) is 3. The third-order valence-electron chi connectivity index (χ3n) is 2.49. The maximum absolute atomic E-state index is 12.8. The van der Waals surface area contributed by atoms with Gasteiger partial charge >= 0.3 is 0 Å². The fourth-order valence-corrected chi connectivity index (χ4v) is 1.54. The van der Waals surface area contributed by atoms with E-state index in [4.69, 9.17) is 0 Å². The molecule has 1 aromatic heterocycles. The van der Waals surface area contributed by atoms with Crippen molar-refractivity contribution >= 4 is 0 Å². The van der Waals surface area contributed by atoms with Crippen LogP contribution < -0.4 is 0 Å². The Hall–Kier alpha value is -1.30. The van der Waals surface area contributed by atoms with Crippen LogP contribution in [0, 0.1) is 0 Å². The Morgan fingerprint density at radius 2 is 2.13 bits per heavy atom. The number of aliphatic hydroxyl groups is 1. The van der Waals surface area contributed by atoms with Crippen LogP contribution in [0.25, 0.3) is 0 Å². The van der Waals surface area contributed by atoms with E-state index < -0.39 is 11.5 Å². The van der Waals surface area contributed by atoms with E-state index in [1.54, 1.807) is 7.05 Å². The van der Waals surface area contributed by atoms with Crippen LogP contribution in [0.2, 0.25) is 0 Å². The van der Waals surface area contributed by atoms with E-state index in [1.807, 2.05) is 0 Å². The Morgan fingerprint density at radius 1 is 1.40 bits per heavy atom. The van der Waals surface area contributed by atoms with Crippen molar-refractivity contribution in [1.82, 2.24) is 15.0 Å². The highest BCUT2D eigenvalue weighted by Crippen LogP contribution is 2.37. The van der Waals surface area contributed by atoms with Crippen LogP contribution in [0.15, 0.2) is 18.3 Å². The van der Waals surface area contributed by atoms with Crippen LogP contribution in [0.5, 0.6) is 0 Å². The summed E-state index contributed by atoms with van der Waals surface area (Å²) < 4.78 is 25.7. The molecule has 0 bridgehead atoms. The van der Waals surface area contributed by atoms with E-state index in [0.717, 1.165) is 12.2 Å². The lowest BCUT2D eigenvalue weighted by Crippen LogP contribution is -2.32. The van der Waals surface area contributed by atoms with Crippen LogP contribution >= 0.6 is 0 Å². The maximum Gasteiger partial charge on any atom is 0.266 e. The molecule has 1 aliphatic rings. The van der Waals surface area contributed by atoms with E-state index in [9.17, 15) is 13.9 Å². The number of alkyl halides is 2. The summed E-state index contributed by atoms with van der Waals surface area (Å²) in [4.78, 5) is 1.29. The Balaban J connectivity index is 2.30. The fourth-order valence-electron chi connectivity index (χ4n) is 1.54. The zero-order valence-corrected chi connectivity index (χ0v) is 8.19. The van der Waals surface area contributed by atoms with E-state index in [1.165, 1.54) is 11.0 Å². The van der Waals surface area contributed by atoms with Gasteiger partial charge in [-0.05, 0) is 18.6 Å². The summed E-state index contributed by atoms with van der Waals surface area (Å²) in [5.74, 6) is -2.82. The topological polar surface area (TPSA) is 50.9 Å². The Labute approximate surface area is 85.2 Å². The van der Waals surface area contributed by atoms with Crippen LogP contribution in [0.3, 0.4) is 0 Å². The van der Waals surface area contributed by atoms with E-state index >= 15 is 0 Å². The molecule has 0 spiro atoms. The number of aromatic nitrogens is 3. The van der Waals surface area contributed by atoms with Crippen molar-refractivity contribution in [3.63, 3.8) is 0 Å². The first-order valence-corrected chi connectivity index (χ1v) is 4.59. The predicted octanol–water partition coefficient (Wildman–Crippen LogP) is 0.988. The Bertz CT molecular complexity index is 402. The quantitative estimate of drug-likeness (QED) is 0.711. The molecule has 1 N–H and O–H groups in total. The van der Waals surface area contributed by atoms with Gasteiger partial charge in [-0.15, -0.1) is 0 Å². The first-order valence-electron chi connectivity index (χ1n) is 4.59. The molecule has 0 saturated heterocycles. The molecule has 1 unspecified atom stereocenters. The minimum absolute atomic E-state index is 0.0464. The van der Waals surface area contributed by atoms with Crippen molar-refractivity contribution in [3.05, 3.63) is 24.0 Å². The second-order valence-electron chi connectivity index (χ2n) is 3.74. The molecule has 82 valence electrons. The van der Waals surface area contributed by atoms with Gasteiger partial charge in [0.15, 0.2) is 0 Å². The van der Waals surface area contributed by atoms with Gasteiger partial charge < -0.3 is 5.11 Å². The minimum Gasteiger partial charge on any atom is -0.379 e. The minimum atomic E-state index is -2.82. The summed E-state index contributed by atoms with van der Waals surface area (Å²) in [7, 11) is 1.61. The van der Waals surface area contributed by atoms with Gasteiger partial charge in [0.2, 0.25) is 0 Å². The number of hydrogen-bond donors (Lipinski definition) is 1. The Morgan fingerprint density at radius 3 is 2.60 bits per heavy atom. The van der Waals surface area contributed by atoms with Gasteiger partial charge in [0.05, 0.1) is 6.20 Å². The van der Waals surface area contributed by atoms with Crippen LogP contribution in [-0.2, 0) is 12.6 Å². The molecule has 1 atom stereocenters. The molecule has 15 heavy (non-hydrogen) atoms. The Kier molecular flexibility index (Phi) is 2.11. The summed E-state index contributed by atoms with van der Waals surface area (Å²) in [6.45, 7) is 0. The molecule has 1 heterocycles. The molecular formula is C9H11F2N3O. The van der Waals surface area contributed by atoms with Gasteiger partial charge in [-0.25, -0.2) is 8.78 Å². The SMILES string of the molecule is Cn1ncc(C2(O)C=CC(F)(F)CC2)n1. The van der Waals surface area contributed by atoms with Crippen molar-refractivity contribution in [3.8, 4) is 0 Å². The molecule has 0 aliphatic heterocycles. The van der Waals surface area contributed by atoms with Crippen molar-refractivity contribution < 1.29 is 13.9 Å². The molecule has 0 saturated carbocycles. The maximum atomic E-state index is 12.8. The molecule has 0 radical (unpaired) electrons. The molecule has 4 nitrogen and oxygen atoms in total. The standard InChI is InChI=1S/C9H11F2N3O/c1-14-12-6-7(13-14)8(15)2-4-9(10,11)5-3-8/h2,4,6,15H,3,5H2,1H3. The normalized spacial score (nSPS) is 29.3. The van der Waals surface area contributed by atoms with Crippen molar-refractivity contribution in [1.29, 1.82) is 0 Å². The van der Waals surface area contributed by atoms with Crippen LogP contribution in [-0.4, -0.2) is 26.0 Å². The smallest absolute Gasteiger partial charge is 0.266 e. The first-order chi connectivity index (χ1) is 6.91. The fraction of sp³-hybridized carbons (Fsp3) is 0.556. The van der Waals surface area contributed by atoms with Gasteiger partial charge in [0, 0.05) is 13.5 Å². The van der Waals surface area contributed by atoms with Gasteiger partial charge in [0.1, 0.15) is 11.3 Å². The summed E-state index contributed by atoms with van der Waals surface area (Å²) in [5.41, 5.74) is -1.10. The third kappa shape index (κ3) is 1.90. The lowest BCUT2D eigenvalue weighted by Gasteiger charge is -2.28. The average molecular weight is 215 g/mol. The van der Waals surface area contributed by atoms with Crippen molar-refractivity contribution in [2.24, 2.45) is 7.05 Å². The van der Waals surface area contributed by atoms with Crippen molar-refractivity contribution in [2.75, 3.05) is 0 Å². The molecule has 6 heteroatoms. The molecule has 0 amide bonds. The molecule has 0 aromatic carbocycles. The lowest BCUT2D eigenvalue weighted by atomic mass is 9.87. The molecule has 0 fully saturated rings. The molecule has 1 aromatic rings. The summed E-state index contributed by atoms with van der Waals surface area (Å²) >= 11 is 0. The van der Waals surface area contributed by atoms with Crippen LogP contribution in [0.4, 0.5) is 8.78 Å². The molecule has 1 aliphatic carbocycles. The second-order valence-corrected chi connectivity index (χ2v) is 3.74. The number of aryl methyl sites for hydroxylation is 1. The highest BCUT2D eigenvalue weighted by atomic mass is 19.3. The largest absolute Gasteiger partial charge is 0.379 e. The second kappa shape index (κ2) is 3.10. The highest BCUT2D eigenvalue weighted by molar-refractivity contribution is 5.21. The highest BCUT2D eigenvalue weighted by Gasteiger charge is 2.39. The zero-order chi connectivity index (χ0) is 11.1. The lowest BCUT2D eigenvalue weighted by molar-refractivity contribution is -0.0155. The van der Waals surface area contributed by atoms with Gasteiger partial charge in [0.25, 0.3) is 5.92 Å². The number of rotatable bonds is 1. The number of allylic oxidation sites excluding steroid dienone is 1.